The summed E-state index contributed by atoms with van der Waals surface area (Å²) in [5.74, 6) is -0.998. The Labute approximate surface area is 149 Å². The number of nitrogens with one attached hydrogen (secondary N) is 2. The minimum Gasteiger partial charge on any atom is -0.345 e. The van der Waals surface area contributed by atoms with E-state index in [1.807, 2.05) is 48.5 Å². The molecule has 0 saturated carbocycles. The number of benzene rings is 3. The van der Waals surface area contributed by atoms with Crippen molar-refractivity contribution in [2.75, 3.05) is 0 Å². The fraction of sp³-hybridized carbons (Fsp3) is 0.0476. The molecule has 0 spiro atoms. The molecular formula is C21H16FN3O. The maximum atomic E-state index is 14.0. The van der Waals surface area contributed by atoms with Gasteiger partial charge in [0.05, 0.1) is 29.0 Å². The lowest BCUT2D eigenvalue weighted by molar-refractivity contribution is 0.0939. The molecule has 1 aromatic heterocycles. The van der Waals surface area contributed by atoms with Crippen molar-refractivity contribution in [3.8, 4) is 0 Å². The van der Waals surface area contributed by atoms with E-state index in [2.05, 4.69) is 15.3 Å². The summed E-state index contributed by atoms with van der Waals surface area (Å²) < 4.78 is 14.0. The standard InChI is InChI=1S/C21H16FN3O/c22-17-9-5-4-8-16(17)21(26)25-20(14-6-2-1-3-7-14)15-10-11-18-19(12-15)24-13-23-18/h1-13,20H,(H,23,24)(H,25,26). The van der Waals surface area contributed by atoms with Gasteiger partial charge in [-0.15, -0.1) is 0 Å². The summed E-state index contributed by atoms with van der Waals surface area (Å²) >= 11 is 0. The second-order valence-electron chi connectivity index (χ2n) is 5.98. The highest BCUT2D eigenvalue weighted by Gasteiger charge is 2.20. The van der Waals surface area contributed by atoms with E-state index in [1.54, 1.807) is 18.5 Å². The van der Waals surface area contributed by atoms with Gasteiger partial charge in [-0.1, -0.05) is 48.5 Å². The molecular weight excluding hydrogens is 329 g/mol. The maximum Gasteiger partial charge on any atom is 0.255 e. The second kappa shape index (κ2) is 6.80. The van der Waals surface area contributed by atoms with Gasteiger partial charge in [-0.3, -0.25) is 4.79 Å². The predicted octanol–water partition coefficient (Wildman–Crippen LogP) is 4.22. The number of aromatic nitrogens is 2. The Morgan fingerprint density at radius 3 is 2.54 bits per heavy atom. The van der Waals surface area contributed by atoms with Crippen LogP contribution < -0.4 is 5.32 Å². The minimum absolute atomic E-state index is 0.0241. The molecule has 4 aromatic rings. The van der Waals surface area contributed by atoms with E-state index >= 15 is 0 Å². The third kappa shape index (κ3) is 3.07. The van der Waals surface area contributed by atoms with Gasteiger partial charge in [-0.05, 0) is 35.4 Å². The Hall–Kier alpha value is -3.47. The summed E-state index contributed by atoms with van der Waals surface area (Å²) in [6, 6.07) is 20.9. The van der Waals surface area contributed by atoms with Gasteiger partial charge in [0, 0.05) is 0 Å². The molecule has 0 saturated heterocycles. The van der Waals surface area contributed by atoms with Crippen molar-refractivity contribution in [1.82, 2.24) is 15.3 Å². The number of amides is 1. The molecule has 5 heteroatoms. The van der Waals surface area contributed by atoms with Gasteiger partial charge < -0.3 is 10.3 Å². The van der Waals surface area contributed by atoms with Crippen LogP contribution in [0.15, 0.2) is 79.1 Å². The van der Waals surface area contributed by atoms with E-state index in [1.165, 1.54) is 12.1 Å². The number of fused-ring (bicyclic) bond motifs is 1. The number of halogens is 1. The third-order valence-electron chi connectivity index (χ3n) is 4.30. The van der Waals surface area contributed by atoms with Crippen molar-refractivity contribution < 1.29 is 9.18 Å². The van der Waals surface area contributed by atoms with Crippen molar-refractivity contribution in [3.63, 3.8) is 0 Å². The van der Waals surface area contributed by atoms with E-state index in [9.17, 15) is 9.18 Å². The van der Waals surface area contributed by atoms with Crippen LogP contribution in [0.2, 0.25) is 0 Å². The summed E-state index contributed by atoms with van der Waals surface area (Å²) in [7, 11) is 0. The molecule has 4 nitrogen and oxygen atoms in total. The van der Waals surface area contributed by atoms with Gasteiger partial charge in [0.15, 0.2) is 0 Å². The lowest BCUT2D eigenvalue weighted by Gasteiger charge is -2.20. The number of hydrogen-bond acceptors (Lipinski definition) is 2. The number of nitrogens with zero attached hydrogens (tertiary/aromatic N) is 1. The lowest BCUT2D eigenvalue weighted by Crippen LogP contribution is -2.30. The molecule has 1 atom stereocenters. The number of hydrogen-bond donors (Lipinski definition) is 2. The quantitative estimate of drug-likeness (QED) is 0.582. The molecule has 1 unspecified atom stereocenters. The van der Waals surface area contributed by atoms with Crippen LogP contribution in [0.25, 0.3) is 11.0 Å². The first-order valence-electron chi connectivity index (χ1n) is 8.26. The summed E-state index contributed by atoms with van der Waals surface area (Å²) in [5, 5.41) is 2.95. The number of carbonyl (C=O) groups excluding carboxylic acids is 1. The molecule has 0 fully saturated rings. The van der Waals surface area contributed by atoms with E-state index in [4.69, 9.17) is 0 Å². The minimum atomic E-state index is -0.541. The molecule has 0 radical (unpaired) electrons. The first-order chi connectivity index (χ1) is 12.7. The van der Waals surface area contributed by atoms with Crippen molar-refractivity contribution in [2.45, 2.75) is 6.04 Å². The molecule has 3 aromatic carbocycles. The fourth-order valence-corrected chi connectivity index (χ4v) is 2.99. The van der Waals surface area contributed by atoms with Crippen LogP contribution in [-0.2, 0) is 0 Å². The molecule has 0 bridgehead atoms. The average molecular weight is 345 g/mol. The summed E-state index contributed by atoms with van der Waals surface area (Å²) in [4.78, 5) is 20.0. The molecule has 128 valence electrons. The average Bonchev–Trinajstić information content (AvgIpc) is 3.15. The molecule has 1 amide bonds. The van der Waals surface area contributed by atoms with Crippen molar-refractivity contribution in [2.24, 2.45) is 0 Å². The molecule has 1 heterocycles. The number of H-pyrrole nitrogens is 1. The zero-order valence-corrected chi connectivity index (χ0v) is 13.8. The topological polar surface area (TPSA) is 57.8 Å². The van der Waals surface area contributed by atoms with Crippen LogP contribution in [0.4, 0.5) is 4.39 Å². The van der Waals surface area contributed by atoms with Gasteiger partial charge in [0.25, 0.3) is 5.91 Å². The van der Waals surface area contributed by atoms with Gasteiger partial charge >= 0.3 is 0 Å². The number of rotatable bonds is 4. The molecule has 0 aliphatic heterocycles. The Bertz CT molecular complexity index is 1060. The van der Waals surface area contributed by atoms with Gasteiger partial charge in [-0.25, -0.2) is 9.37 Å². The molecule has 2 N–H and O–H groups in total. The Balaban J connectivity index is 1.74. The Morgan fingerprint density at radius 2 is 1.73 bits per heavy atom. The van der Waals surface area contributed by atoms with Crippen LogP contribution in [0.1, 0.15) is 27.5 Å². The zero-order chi connectivity index (χ0) is 17.9. The van der Waals surface area contributed by atoms with Crippen molar-refractivity contribution >= 4 is 16.9 Å². The second-order valence-corrected chi connectivity index (χ2v) is 5.98. The Kier molecular flexibility index (Phi) is 4.19. The molecule has 0 aliphatic carbocycles. The first-order valence-corrected chi connectivity index (χ1v) is 8.26. The highest BCUT2D eigenvalue weighted by atomic mass is 19.1. The van der Waals surface area contributed by atoms with Gasteiger partial charge in [-0.2, -0.15) is 0 Å². The SMILES string of the molecule is O=C(NC(c1ccccc1)c1ccc2nc[nH]c2c1)c1ccccc1F. The summed E-state index contributed by atoms with van der Waals surface area (Å²) in [6.45, 7) is 0. The maximum absolute atomic E-state index is 14.0. The summed E-state index contributed by atoms with van der Waals surface area (Å²) in [6.07, 6.45) is 1.63. The first kappa shape index (κ1) is 16.0. The lowest BCUT2D eigenvalue weighted by atomic mass is 9.97. The fourth-order valence-electron chi connectivity index (χ4n) is 2.99. The van der Waals surface area contributed by atoms with Crippen LogP contribution in [0.3, 0.4) is 0 Å². The predicted molar refractivity (Wildman–Crippen MR) is 98.2 cm³/mol. The van der Waals surface area contributed by atoms with Crippen LogP contribution >= 0.6 is 0 Å². The number of aromatic amines is 1. The monoisotopic (exact) mass is 345 g/mol. The van der Waals surface area contributed by atoms with Crippen molar-refractivity contribution in [1.29, 1.82) is 0 Å². The van der Waals surface area contributed by atoms with E-state index < -0.39 is 17.8 Å². The molecule has 4 rings (SSSR count). The zero-order valence-electron chi connectivity index (χ0n) is 13.8. The largest absolute Gasteiger partial charge is 0.345 e. The normalized spacial score (nSPS) is 12.0. The summed E-state index contributed by atoms with van der Waals surface area (Å²) in [5.41, 5.74) is 3.55. The van der Waals surface area contributed by atoms with Crippen molar-refractivity contribution in [3.05, 3.63) is 102 Å². The van der Waals surface area contributed by atoms with E-state index in [0.717, 1.165) is 22.2 Å². The third-order valence-corrected chi connectivity index (χ3v) is 4.30. The molecule has 0 aliphatic rings. The number of imidazole rings is 1. The van der Waals surface area contributed by atoms with E-state index in [-0.39, 0.29) is 5.56 Å². The van der Waals surface area contributed by atoms with Crippen LogP contribution in [0, 0.1) is 5.82 Å². The van der Waals surface area contributed by atoms with E-state index in [0.29, 0.717) is 0 Å². The van der Waals surface area contributed by atoms with Crippen LogP contribution in [-0.4, -0.2) is 15.9 Å². The smallest absolute Gasteiger partial charge is 0.255 e. The number of carbonyl (C=O) groups is 1. The highest BCUT2D eigenvalue weighted by Crippen LogP contribution is 2.25. The van der Waals surface area contributed by atoms with Gasteiger partial charge in [0.1, 0.15) is 5.82 Å². The van der Waals surface area contributed by atoms with Gasteiger partial charge in [0.2, 0.25) is 0 Å². The Morgan fingerprint density at radius 1 is 0.962 bits per heavy atom. The highest BCUT2D eigenvalue weighted by molar-refractivity contribution is 5.95. The van der Waals surface area contributed by atoms with Crippen LogP contribution in [0.5, 0.6) is 0 Å². The molecule has 26 heavy (non-hydrogen) atoms.